The van der Waals surface area contributed by atoms with Crippen molar-refractivity contribution in [2.24, 2.45) is 0 Å². The van der Waals surface area contributed by atoms with Crippen molar-refractivity contribution in [1.82, 2.24) is 0 Å². The van der Waals surface area contributed by atoms with Crippen molar-refractivity contribution in [2.75, 3.05) is 13.7 Å². The van der Waals surface area contributed by atoms with Crippen molar-refractivity contribution in [3.8, 4) is 11.5 Å². The molecular weight excluding hydrogens is 456 g/mol. The zero-order valence-corrected chi connectivity index (χ0v) is 19.3. The maximum absolute atomic E-state index is 11.9. The Bertz CT molecular complexity index is 926. The van der Waals surface area contributed by atoms with Gasteiger partial charge in [0, 0.05) is 33.3 Å². The van der Waals surface area contributed by atoms with Crippen molar-refractivity contribution in [3.05, 3.63) is 23.8 Å². The Kier molecular flexibility index (Phi) is 9.36. The van der Waals surface area contributed by atoms with E-state index < -0.39 is 54.6 Å². The van der Waals surface area contributed by atoms with E-state index in [4.69, 9.17) is 33.2 Å². The van der Waals surface area contributed by atoms with Gasteiger partial charge in [-0.2, -0.15) is 0 Å². The number of esters is 4. The van der Waals surface area contributed by atoms with Crippen molar-refractivity contribution in [3.63, 3.8) is 0 Å². The SMILES string of the molecule is COc1cc(C=O)ccc1O[C@@H]1O[C@@H](COC(C)=O)[C@H](OC(C)=O)[C@H](OC(C)=O)[C@@H]1OC(C)=O. The van der Waals surface area contributed by atoms with E-state index in [1.807, 2.05) is 0 Å². The monoisotopic (exact) mass is 482 g/mol. The molecule has 1 aromatic carbocycles. The highest BCUT2D eigenvalue weighted by molar-refractivity contribution is 5.76. The molecule has 12 nitrogen and oxygen atoms in total. The van der Waals surface area contributed by atoms with Crippen LogP contribution in [0.1, 0.15) is 38.1 Å². The largest absolute Gasteiger partial charge is 0.493 e. The van der Waals surface area contributed by atoms with E-state index in [-0.39, 0.29) is 18.1 Å². The summed E-state index contributed by atoms with van der Waals surface area (Å²) in [6.07, 6.45) is -6.03. The van der Waals surface area contributed by atoms with Gasteiger partial charge in [0.25, 0.3) is 0 Å². The van der Waals surface area contributed by atoms with Gasteiger partial charge in [-0.05, 0) is 18.2 Å². The van der Waals surface area contributed by atoms with Gasteiger partial charge in [0.05, 0.1) is 7.11 Å². The summed E-state index contributed by atoms with van der Waals surface area (Å²) in [6.45, 7) is 4.13. The fourth-order valence-corrected chi connectivity index (χ4v) is 3.26. The maximum Gasteiger partial charge on any atom is 0.303 e. The third-order valence-electron chi connectivity index (χ3n) is 4.52. The molecule has 186 valence electrons. The van der Waals surface area contributed by atoms with E-state index in [1.165, 1.54) is 32.2 Å². The summed E-state index contributed by atoms with van der Waals surface area (Å²) in [5, 5.41) is 0. The highest BCUT2D eigenvalue weighted by atomic mass is 16.7. The van der Waals surface area contributed by atoms with Crippen LogP contribution in [-0.2, 0) is 42.9 Å². The van der Waals surface area contributed by atoms with E-state index in [0.717, 1.165) is 20.8 Å². The number of hydrogen-bond acceptors (Lipinski definition) is 12. The lowest BCUT2D eigenvalue weighted by molar-refractivity contribution is -0.288. The maximum atomic E-state index is 11.9. The molecule has 0 aliphatic carbocycles. The Balaban J connectivity index is 2.51. The summed E-state index contributed by atoms with van der Waals surface area (Å²) in [5.41, 5.74) is 0.311. The topological polar surface area (TPSA) is 150 Å². The van der Waals surface area contributed by atoms with Gasteiger partial charge in [-0.1, -0.05) is 0 Å². The number of aldehydes is 1. The standard InChI is InChI=1S/C22H26O12/c1-11(24)29-10-18-19(30-12(2)25)20(31-13(3)26)21(32-14(4)27)22(34-18)33-16-7-6-15(9-23)8-17(16)28-5/h6-9,18-22H,10H2,1-5H3/t18-,19-,20-,21-,22+/m0/s1. The van der Waals surface area contributed by atoms with Crippen LogP contribution < -0.4 is 9.47 Å². The number of carbonyl (C=O) groups excluding carboxylic acids is 5. The van der Waals surface area contributed by atoms with Gasteiger partial charge in [-0.15, -0.1) is 0 Å². The third-order valence-corrected chi connectivity index (χ3v) is 4.52. The smallest absolute Gasteiger partial charge is 0.303 e. The van der Waals surface area contributed by atoms with Gasteiger partial charge in [0.15, 0.2) is 23.7 Å². The summed E-state index contributed by atoms with van der Waals surface area (Å²) in [4.78, 5) is 57.9. The first-order valence-electron chi connectivity index (χ1n) is 10.2. The Morgan fingerprint density at radius 2 is 1.44 bits per heavy atom. The van der Waals surface area contributed by atoms with E-state index in [2.05, 4.69) is 0 Å². The third kappa shape index (κ3) is 7.17. The zero-order chi connectivity index (χ0) is 25.4. The lowest BCUT2D eigenvalue weighted by Gasteiger charge is -2.44. The number of methoxy groups -OCH3 is 1. The van der Waals surface area contributed by atoms with Crippen LogP contribution in [0.15, 0.2) is 18.2 Å². The van der Waals surface area contributed by atoms with Crippen LogP contribution in [0.4, 0.5) is 0 Å². The molecule has 1 saturated heterocycles. The highest BCUT2D eigenvalue weighted by Crippen LogP contribution is 2.34. The highest BCUT2D eigenvalue weighted by Gasteiger charge is 2.53. The fraction of sp³-hybridized carbons (Fsp3) is 0.500. The van der Waals surface area contributed by atoms with Crippen molar-refractivity contribution >= 4 is 30.2 Å². The quantitative estimate of drug-likeness (QED) is 0.280. The second-order valence-electron chi connectivity index (χ2n) is 7.21. The van der Waals surface area contributed by atoms with E-state index in [0.29, 0.717) is 11.8 Å². The van der Waals surface area contributed by atoms with Crippen LogP contribution in [-0.4, -0.2) is 74.6 Å². The molecule has 1 aliphatic rings. The molecule has 0 bridgehead atoms. The van der Waals surface area contributed by atoms with Gasteiger partial charge in [-0.3, -0.25) is 24.0 Å². The first-order valence-corrected chi connectivity index (χ1v) is 10.2. The Morgan fingerprint density at radius 3 is 1.97 bits per heavy atom. The number of rotatable bonds is 9. The molecule has 1 aromatic rings. The van der Waals surface area contributed by atoms with Crippen LogP contribution in [0, 0.1) is 0 Å². The van der Waals surface area contributed by atoms with Gasteiger partial charge < -0.3 is 33.2 Å². The minimum Gasteiger partial charge on any atom is -0.493 e. The zero-order valence-electron chi connectivity index (χ0n) is 19.3. The average Bonchev–Trinajstić information content (AvgIpc) is 2.75. The summed E-state index contributed by atoms with van der Waals surface area (Å²) in [7, 11) is 1.35. The number of benzene rings is 1. The van der Waals surface area contributed by atoms with Gasteiger partial charge in [0.2, 0.25) is 12.4 Å². The normalized spacial score (nSPS) is 23.7. The molecule has 0 saturated carbocycles. The first-order chi connectivity index (χ1) is 16.0. The molecule has 2 rings (SSSR count). The van der Waals surface area contributed by atoms with E-state index >= 15 is 0 Å². The lowest BCUT2D eigenvalue weighted by atomic mass is 9.98. The van der Waals surface area contributed by atoms with Crippen LogP contribution in [0.25, 0.3) is 0 Å². The van der Waals surface area contributed by atoms with Crippen LogP contribution in [0.5, 0.6) is 11.5 Å². The molecule has 1 fully saturated rings. The second kappa shape index (κ2) is 12.0. The van der Waals surface area contributed by atoms with Gasteiger partial charge >= 0.3 is 23.9 Å². The van der Waals surface area contributed by atoms with Crippen LogP contribution >= 0.6 is 0 Å². The average molecular weight is 482 g/mol. The van der Waals surface area contributed by atoms with Crippen LogP contribution in [0.3, 0.4) is 0 Å². The number of hydrogen-bond donors (Lipinski definition) is 0. The fourth-order valence-electron chi connectivity index (χ4n) is 3.26. The molecule has 5 atom stereocenters. The van der Waals surface area contributed by atoms with Crippen molar-refractivity contribution in [1.29, 1.82) is 0 Å². The molecule has 0 radical (unpaired) electrons. The Labute approximate surface area is 195 Å². The number of carbonyl (C=O) groups is 5. The molecule has 0 spiro atoms. The summed E-state index contributed by atoms with van der Waals surface area (Å²) >= 11 is 0. The van der Waals surface area contributed by atoms with Gasteiger partial charge in [-0.25, -0.2) is 0 Å². The molecule has 1 aliphatic heterocycles. The Morgan fingerprint density at radius 1 is 0.853 bits per heavy atom. The summed E-state index contributed by atoms with van der Waals surface area (Å²) < 4.78 is 38.0. The molecule has 12 heteroatoms. The minimum atomic E-state index is -1.42. The van der Waals surface area contributed by atoms with Crippen LogP contribution in [0.2, 0.25) is 0 Å². The second-order valence-corrected chi connectivity index (χ2v) is 7.21. The van der Waals surface area contributed by atoms with Crippen molar-refractivity contribution in [2.45, 2.75) is 58.4 Å². The Hall–Kier alpha value is -3.67. The minimum absolute atomic E-state index is 0.106. The summed E-state index contributed by atoms with van der Waals surface area (Å²) in [6, 6.07) is 4.29. The van der Waals surface area contributed by atoms with E-state index in [1.54, 1.807) is 0 Å². The number of ether oxygens (including phenoxy) is 7. The lowest BCUT2D eigenvalue weighted by Crippen LogP contribution is -2.63. The summed E-state index contributed by atoms with van der Waals surface area (Å²) in [5.74, 6) is -2.64. The first kappa shape index (κ1) is 26.6. The van der Waals surface area contributed by atoms with Gasteiger partial charge in [0.1, 0.15) is 19.0 Å². The predicted molar refractivity (Wildman–Crippen MR) is 111 cm³/mol. The van der Waals surface area contributed by atoms with E-state index in [9.17, 15) is 24.0 Å². The predicted octanol–water partition coefficient (Wildman–Crippen LogP) is 0.970. The molecule has 0 aromatic heterocycles. The molecule has 0 unspecified atom stereocenters. The molecular formula is C22H26O12. The molecule has 1 heterocycles. The van der Waals surface area contributed by atoms with Crippen molar-refractivity contribution < 1.29 is 57.1 Å². The molecule has 0 N–H and O–H groups in total. The molecule has 0 amide bonds. The molecule has 34 heavy (non-hydrogen) atoms.